The third-order valence-electron chi connectivity index (χ3n) is 4.67. The van der Waals surface area contributed by atoms with Gasteiger partial charge in [0.1, 0.15) is 0 Å². The number of benzene rings is 1. The van der Waals surface area contributed by atoms with Crippen LogP contribution in [0.15, 0.2) is 24.3 Å². The maximum absolute atomic E-state index is 12.3. The van der Waals surface area contributed by atoms with Crippen molar-refractivity contribution < 1.29 is 4.79 Å². The topological polar surface area (TPSA) is 58.4 Å². The third-order valence-corrected chi connectivity index (χ3v) is 4.67. The molecule has 1 fully saturated rings. The fraction of sp³-hybridized carbons (Fsp3) is 0.588. The lowest BCUT2D eigenvalue weighted by Crippen LogP contribution is -2.41. The number of amides is 1. The lowest BCUT2D eigenvalue weighted by molar-refractivity contribution is -0.120. The second-order valence-electron chi connectivity index (χ2n) is 6.28. The summed E-state index contributed by atoms with van der Waals surface area (Å²) in [4.78, 5) is 14.5. The van der Waals surface area contributed by atoms with Crippen LogP contribution in [0, 0.1) is 0 Å². The summed E-state index contributed by atoms with van der Waals surface area (Å²) < 4.78 is 0. The fourth-order valence-electron chi connectivity index (χ4n) is 3.55. The third kappa shape index (κ3) is 3.38. The van der Waals surface area contributed by atoms with Gasteiger partial charge in [-0.3, -0.25) is 4.79 Å². The molecular weight excluding hydrogens is 262 g/mol. The van der Waals surface area contributed by atoms with Crippen LogP contribution < -0.4 is 16.0 Å². The lowest BCUT2D eigenvalue weighted by atomic mass is 10.0. The van der Waals surface area contributed by atoms with Gasteiger partial charge in [0.15, 0.2) is 0 Å². The summed E-state index contributed by atoms with van der Waals surface area (Å²) in [5, 5.41) is 3.18. The van der Waals surface area contributed by atoms with Crippen molar-refractivity contribution in [1.82, 2.24) is 5.32 Å². The van der Waals surface area contributed by atoms with Crippen molar-refractivity contribution in [2.45, 2.75) is 50.6 Å². The zero-order valence-corrected chi connectivity index (χ0v) is 12.6. The molecule has 0 spiro atoms. The van der Waals surface area contributed by atoms with E-state index < -0.39 is 0 Å². The van der Waals surface area contributed by atoms with Gasteiger partial charge in [0.25, 0.3) is 0 Å². The molecule has 0 bridgehead atoms. The SMILES string of the molecule is NC1CCCN(CC(=O)NC2CCCC2)c2ccccc21. The Morgan fingerprint density at radius 3 is 2.76 bits per heavy atom. The smallest absolute Gasteiger partial charge is 0.239 e. The Morgan fingerprint density at radius 1 is 1.19 bits per heavy atom. The molecule has 1 unspecified atom stereocenters. The van der Waals surface area contributed by atoms with Crippen molar-refractivity contribution >= 4 is 11.6 Å². The van der Waals surface area contributed by atoms with Gasteiger partial charge in [0, 0.05) is 24.3 Å². The maximum Gasteiger partial charge on any atom is 0.239 e. The number of anilines is 1. The molecule has 4 heteroatoms. The van der Waals surface area contributed by atoms with E-state index in [0.717, 1.165) is 37.9 Å². The van der Waals surface area contributed by atoms with Crippen molar-refractivity contribution in [3.8, 4) is 0 Å². The number of fused-ring (bicyclic) bond motifs is 1. The van der Waals surface area contributed by atoms with Gasteiger partial charge in [-0.2, -0.15) is 0 Å². The van der Waals surface area contributed by atoms with Crippen LogP contribution in [0.4, 0.5) is 5.69 Å². The van der Waals surface area contributed by atoms with E-state index in [9.17, 15) is 4.79 Å². The highest BCUT2D eigenvalue weighted by atomic mass is 16.2. The fourth-order valence-corrected chi connectivity index (χ4v) is 3.55. The largest absolute Gasteiger partial charge is 0.362 e. The molecule has 1 saturated carbocycles. The minimum atomic E-state index is 0.0871. The van der Waals surface area contributed by atoms with E-state index in [2.05, 4.69) is 22.3 Å². The van der Waals surface area contributed by atoms with Crippen LogP contribution in [0.2, 0.25) is 0 Å². The zero-order valence-electron chi connectivity index (χ0n) is 12.6. The summed E-state index contributed by atoms with van der Waals surface area (Å²) >= 11 is 0. The lowest BCUT2D eigenvalue weighted by Gasteiger charge is -2.25. The molecule has 0 aromatic heterocycles. The number of nitrogens with zero attached hydrogens (tertiary/aromatic N) is 1. The van der Waals surface area contributed by atoms with Crippen molar-refractivity contribution in [2.24, 2.45) is 5.73 Å². The number of carbonyl (C=O) groups excluding carboxylic acids is 1. The maximum atomic E-state index is 12.3. The Hall–Kier alpha value is -1.55. The molecule has 1 aliphatic carbocycles. The monoisotopic (exact) mass is 287 g/mol. The Labute approximate surface area is 126 Å². The van der Waals surface area contributed by atoms with Gasteiger partial charge in [0.2, 0.25) is 5.91 Å². The average molecular weight is 287 g/mol. The predicted octanol–water partition coefficient (Wildman–Crippen LogP) is 2.35. The number of hydrogen-bond acceptors (Lipinski definition) is 3. The molecule has 2 aliphatic rings. The van der Waals surface area contributed by atoms with Crippen molar-refractivity contribution in [3.05, 3.63) is 29.8 Å². The Morgan fingerprint density at radius 2 is 1.95 bits per heavy atom. The summed E-state index contributed by atoms with van der Waals surface area (Å²) in [6.07, 6.45) is 6.77. The Balaban J connectivity index is 1.69. The van der Waals surface area contributed by atoms with Gasteiger partial charge in [-0.05, 0) is 37.3 Å². The standard InChI is InChI=1S/C17H25N3O/c18-15-9-5-11-20(16-10-4-3-8-14(15)16)12-17(21)19-13-6-1-2-7-13/h3-4,8,10,13,15H,1-2,5-7,9,11-12,18H2,(H,19,21). The van der Waals surface area contributed by atoms with Gasteiger partial charge < -0.3 is 16.0 Å². The van der Waals surface area contributed by atoms with Gasteiger partial charge >= 0.3 is 0 Å². The number of hydrogen-bond donors (Lipinski definition) is 2. The number of nitrogens with two attached hydrogens (primary N) is 1. The minimum absolute atomic E-state index is 0.0871. The van der Waals surface area contributed by atoms with E-state index in [1.54, 1.807) is 0 Å². The summed E-state index contributed by atoms with van der Waals surface area (Å²) in [5.41, 5.74) is 8.54. The van der Waals surface area contributed by atoms with Crippen molar-refractivity contribution in [2.75, 3.05) is 18.0 Å². The normalized spacial score (nSPS) is 22.7. The molecule has 1 atom stereocenters. The molecule has 114 valence electrons. The van der Waals surface area contributed by atoms with E-state index in [-0.39, 0.29) is 11.9 Å². The molecule has 1 heterocycles. The second kappa shape index (κ2) is 6.48. The summed E-state index contributed by atoms with van der Waals surface area (Å²) in [7, 11) is 0. The average Bonchev–Trinajstić information content (AvgIpc) is 2.93. The number of carbonyl (C=O) groups is 1. The van der Waals surface area contributed by atoms with Crippen molar-refractivity contribution in [1.29, 1.82) is 0 Å². The minimum Gasteiger partial charge on any atom is -0.362 e. The quantitative estimate of drug-likeness (QED) is 0.897. The molecule has 21 heavy (non-hydrogen) atoms. The van der Waals surface area contributed by atoms with Crippen LogP contribution in [0.25, 0.3) is 0 Å². The number of para-hydroxylation sites is 1. The number of rotatable bonds is 3. The predicted molar refractivity (Wildman–Crippen MR) is 85.2 cm³/mol. The Bertz CT molecular complexity index is 497. The van der Waals surface area contributed by atoms with Crippen LogP contribution in [-0.4, -0.2) is 25.0 Å². The van der Waals surface area contributed by atoms with Crippen LogP contribution in [0.5, 0.6) is 0 Å². The zero-order chi connectivity index (χ0) is 14.7. The molecule has 1 aliphatic heterocycles. The molecule has 3 rings (SSSR count). The first-order valence-corrected chi connectivity index (χ1v) is 8.13. The van der Waals surface area contributed by atoms with Gasteiger partial charge in [-0.1, -0.05) is 31.0 Å². The molecule has 4 nitrogen and oxygen atoms in total. The van der Waals surface area contributed by atoms with Crippen LogP contribution >= 0.6 is 0 Å². The summed E-state index contributed by atoms with van der Waals surface area (Å²) in [6.45, 7) is 1.35. The first-order valence-electron chi connectivity index (χ1n) is 8.13. The molecule has 1 aromatic carbocycles. The van der Waals surface area contributed by atoms with Gasteiger partial charge in [0.05, 0.1) is 6.54 Å². The van der Waals surface area contributed by atoms with Crippen molar-refractivity contribution in [3.63, 3.8) is 0 Å². The Kier molecular flexibility index (Phi) is 4.44. The van der Waals surface area contributed by atoms with E-state index in [1.807, 2.05) is 12.1 Å². The van der Waals surface area contributed by atoms with Crippen LogP contribution in [0.3, 0.4) is 0 Å². The van der Waals surface area contributed by atoms with Gasteiger partial charge in [-0.25, -0.2) is 0 Å². The van der Waals surface area contributed by atoms with E-state index in [1.165, 1.54) is 18.4 Å². The van der Waals surface area contributed by atoms with E-state index in [4.69, 9.17) is 5.73 Å². The number of nitrogens with one attached hydrogen (secondary N) is 1. The molecule has 1 aromatic rings. The highest BCUT2D eigenvalue weighted by molar-refractivity contribution is 5.82. The molecular formula is C17H25N3O. The second-order valence-corrected chi connectivity index (χ2v) is 6.28. The van der Waals surface area contributed by atoms with E-state index >= 15 is 0 Å². The summed E-state index contributed by atoms with van der Waals surface area (Å²) in [6, 6.07) is 8.71. The summed E-state index contributed by atoms with van der Waals surface area (Å²) in [5.74, 6) is 0.146. The molecule has 1 amide bonds. The van der Waals surface area contributed by atoms with Crippen LogP contribution in [-0.2, 0) is 4.79 Å². The highest BCUT2D eigenvalue weighted by Crippen LogP contribution is 2.31. The van der Waals surface area contributed by atoms with Gasteiger partial charge in [-0.15, -0.1) is 0 Å². The first kappa shape index (κ1) is 14.4. The molecule has 0 saturated heterocycles. The van der Waals surface area contributed by atoms with Crippen LogP contribution in [0.1, 0.15) is 50.1 Å². The first-order chi connectivity index (χ1) is 10.2. The highest BCUT2D eigenvalue weighted by Gasteiger charge is 2.23. The molecule has 3 N–H and O–H groups in total. The molecule has 0 radical (unpaired) electrons. The van der Waals surface area contributed by atoms with E-state index in [0.29, 0.717) is 12.6 Å².